The van der Waals surface area contributed by atoms with Crippen molar-refractivity contribution in [2.75, 3.05) is 5.73 Å². The van der Waals surface area contributed by atoms with Gasteiger partial charge in [-0.25, -0.2) is 0 Å². The maximum Gasteiger partial charge on any atom is 0.251 e. The van der Waals surface area contributed by atoms with Gasteiger partial charge in [0.25, 0.3) is 5.91 Å². The maximum atomic E-state index is 11.9. The highest BCUT2D eigenvalue weighted by Gasteiger charge is 2.10. The molecular weight excluding hydrogens is 280 g/mol. The van der Waals surface area contributed by atoms with E-state index in [0.717, 1.165) is 23.7 Å². The third-order valence-electron chi connectivity index (χ3n) is 2.55. The van der Waals surface area contributed by atoms with Crippen LogP contribution in [0.4, 0.5) is 5.69 Å². The molecule has 3 nitrogen and oxygen atoms in total. The number of rotatable bonds is 5. The lowest BCUT2D eigenvalue weighted by Gasteiger charge is -2.13. The normalized spacial score (nSPS) is 12.2. The van der Waals surface area contributed by atoms with E-state index in [0.29, 0.717) is 11.3 Å². The van der Waals surface area contributed by atoms with Crippen LogP contribution < -0.4 is 11.1 Å². The SMILES string of the molecule is CCCCC(C)NC(=O)c1cc(N)cc(Br)c1. The number of nitrogens with one attached hydrogen (secondary N) is 1. The summed E-state index contributed by atoms with van der Waals surface area (Å²) in [7, 11) is 0. The zero-order chi connectivity index (χ0) is 12.8. The van der Waals surface area contributed by atoms with Crippen LogP contribution in [0.2, 0.25) is 0 Å². The maximum absolute atomic E-state index is 11.9. The molecule has 17 heavy (non-hydrogen) atoms. The molecule has 0 aromatic heterocycles. The van der Waals surface area contributed by atoms with Crippen molar-refractivity contribution in [2.24, 2.45) is 0 Å². The molecule has 3 N–H and O–H groups in total. The minimum absolute atomic E-state index is 0.0680. The van der Waals surface area contributed by atoms with Crippen LogP contribution in [0.1, 0.15) is 43.5 Å². The van der Waals surface area contributed by atoms with Crippen LogP contribution in [0.25, 0.3) is 0 Å². The number of carbonyl (C=O) groups excluding carboxylic acids is 1. The van der Waals surface area contributed by atoms with Crippen molar-refractivity contribution >= 4 is 27.5 Å². The Morgan fingerprint density at radius 3 is 2.76 bits per heavy atom. The first-order chi connectivity index (χ1) is 8.02. The van der Waals surface area contributed by atoms with Gasteiger partial charge < -0.3 is 11.1 Å². The minimum atomic E-state index is -0.0680. The zero-order valence-electron chi connectivity index (χ0n) is 10.3. The smallest absolute Gasteiger partial charge is 0.251 e. The molecule has 0 aliphatic heterocycles. The number of hydrogen-bond donors (Lipinski definition) is 2. The van der Waals surface area contributed by atoms with Gasteiger partial charge in [-0.3, -0.25) is 4.79 Å². The Morgan fingerprint density at radius 1 is 1.47 bits per heavy atom. The molecule has 0 aliphatic carbocycles. The minimum Gasteiger partial charge on any atom is -0.399 e. The third kappa shape index (κ3) is 4.77. The summed E-state index contributed by atoms with van der Waals surface area (Å²) in [6.45, 7) is 4.17. The highest BCUT2D eigenvalue weighted by molar-refractivity contribution is 9.10. The highest BCUT2D eigenvalue weighted by Crippen LogP contribution is 2.17. The Balaban J connectivity index is 2.63. The predicted molar refractivity (Wildman–Crippen MR) is 75.0 cm³/mol. The van der Waals surface area contributed by atoms with Gasteiger partial charge in [0.15, 0.2) is 0 Å². The molecule has 0 spiro atoms. The van der Waals surface area contributed by atoms with Gasteiger partial charge in [-0.15, -0.1) is 0 Å². The number of unbranched alkanes of at least 4 members (excludes halogenated alkanes) is 1. The summed E-state index contributed by atoms with van der Waals surface area (Å²) in [5.41, 5.74) is 6.88. The molecule has 1 rings (SSSR count). The van der Waals surface area contributed by atoms with E-state index in [1.54, 1.807) is 18.2 Å². The van der Waals surface area contributed by atoms with E-state index in [1.807, 2.05) is 6.92 Å². The van der Waals surface area contributed by atoms with Crippen molar-refractivity contribution < 1.29 is 4.79 Å². The molecular formula is C13H19BrN2O. The van der Waals surface area contributed by atoms with Crippen molar-refractivity contribution in [2.45, 2.75) is 39.2 Å². The molecule has 0 heterocycles. The summed E-state index contributed by atoms with van der Waals surface area (Å²) in [5.74, 6) is -0.0680. The van der Waals surface area contributed by atoms with Crippen LogP contribution in [-0.4, -0.2) is 11.9 Å². The molecule has 94 valence electrons. The molecule has 0 saturated heterocycles. The molecule has 1 aromatic carbocycles. The number of amides is 1. The summed E-state index contributed by atoms with van der Waals surface area (Å²) in [6, 6.07) is 5.44. The van der Waals surface area contributed by atoms with Gasteiger partial charge in [0.1, 0.15) is 0 Å². The van der Waals surface area contributed by atoms with E-state index >= 15 is 0 Å². The fourth-order valence-corrected chi connectivity index (χ4v) is 2.14. The number of anilines is 1. The molecule has 0 aliphatic rings. The summed E-state index contributed by atoms with van der Waals surface area (Å²) in [4.78, 5) is 11.9. The fourth-order valence-electron chi connectivity index (χ4n) is 1.63. The lowest BCUT2D eigenvalue weighted by molar-refractivity contribution is 0.0938. The van der Waals surface area contributed by atoms with Crippen LogP contribution in [0.3, 0.4) is 0 Å². The first-order valence-electron chi connectivity index (χ1n) is 5.90. The molecule has 1 aromatic rings. The lowest BCUT2D eigenvalue weighted by atomic mass is 10.1. The van der Waals surface area contributed by atoms with E-state index in [-0.39, 0.29) is 11.9 Å². The van der Waals surface area contributed by atoms with Gasteiger partial charge in [-0.2, -0.15) is 0 Å². The summed E-state index contributed by atoms with van der Waals surface area (Å²) >= 11 is 3.33. The second kappa shape index (κ2) is 6.64. The molecule has 0 radical (unpaired) electrons. The van der Waals surface area contributed by atoms with Crippen LogP contribution in [-0.2, 0) is 0 Å². The second-order valence-electron chi connectivity index (χ2n) is 4.29. The number of carbonyl (C=O) groups is 1. The van der Waals surface area contributed by atoms with Crippen molar-refractivity contribution in [3.63, 3.8) is 0 Å². The van der Waals surface area contributed by atoms with E-state index in [9.17, 15) is 4.79 Å². The standard InChI is InChI=1S/C13H19BrN2O/c1-3-4-5-9(2)16-13(17)10-6-11(14)8-12(15)7-10/h6-9H,3-5,15H2,1-2H3,(H,16,17). The summed E-state index contributed by atoms with van der Waals surface area (Å²) < 4.78 is 0.823. The Kier molecular flexibility index (Phi) is 5.48. The number of hydrogen-bond acceptors (Lipinski definition) is 2. The number of benzene rings is 1. The molecule has 1 atom stereocenters. The number of halogens is 1. The van der Waals surface area contributed by atoms with Gasteiger partial charge in [-0.1, -0.05) is 35.7 Å². The van der Waals surface area contributed by atoms with Gasteiger partial charge >= 0.3 is 0 Å². The molecule has 1 amide bonds. The van der Waals surface area contributed by atoms with Gasteiger partial charge in [0.05, 0.1) is 0 Å². The molecule has 0 saturated carbocycles. The van der Waals surface area contributed by atoms with Crippen molar-refractivity contribution in [1.82, 2.24) is 5.32 Å². The summed E-state index contributed by atoms with van der Waals surface area (Å²) in [5, 5.41) is 2.97. The topological polar surface area (TPSA) is 55.1 Å². The van der Waals surface area contributed by atoms with Crippen LogP contribution >= 0.6 is 15.9 Å². The molecule has 4 heteroatoms. The number of nitrogen functional groups attached to an aromatic ring is 1. The largest absolute Gasteiger partial charge is 0.399 e. The average molecular weight is 299 g/mol. The zero-order valence-corrected chi connectivity index (χ0v) is 11.9. The van der Waals surface area contributed by atoms with E-state index in [2.05, 4.69) is 28.2 Å². The van der Waals surface area contributed by atoms with Crippen molar-refractivity contribution in [1.29, 1.82) is 0 Å². The van der Waals surface area contributed by atoms with E-state index in [1.165, 1.54) is 0 Å². The quantitative estimate of drug-likeness (QED) is 0.819. The highest BCUT2D eigenvalue weighted by atomic mass is 79.9. The Morgan fingerprint density at radius 2 is 2.18 bits per heavy atom. The lowest BCUT2D eigenvalue weighted by Crippen LogP contribution is -2.32. The predicted octanol–water partition coefficient (Wildman–Crippen LogP) is 3.34. The second-order valence-corrected chi connectivity index (χ2v) is 5.21. The average Bonchev–Trinajstić information content (AvgIpc) is 2.25. The van der Waals surface area contributed by atoms with Crippen molar-refractivity contribution in [3.8, 4) is 0 Å². The first kappa shape index (κ1) is 14.0. The molecule has 0 fully saturated rings. The monoisotopic (exact) mass is 298 g/mol. The first-order valence-corrected chi connectivity index (χ1v) is 6.69. The van der Waals surface area contributed by atoms with Gasteiger partial charge in [0, 0.05) is 21.8 Å². The van der Waals surface area contributed by atoms with Crippen LogP contribution in [0, 0.1) is 0 Å². The summed E-state index contributed by atoms with van der Waals surface area (Å²) in [6.07, 6.45) is 3.28. The van der Waals surface area contributed by atoms with Gasteiger partial charge in [-0.05, 0) is 31.5 Å². The van der Waals surface area contributed by atoms with E-state index < -0.39 is 0 Å². The Bertz CT molecular complexity index is 373. The third-order valence-corrected chi connectivity index (χ3v) is 3.01. The molecule has 1 unspecified atom stereocenters. The number of nitrogens with two attached hydrogens (primary N) is 1. The molecule has 0 bridgehead atoms. The van der Waals surface area contributed by atoms with Crippen LogP contribution in [0.5, 0.6) is 0 Å². The Hall–Kier alpha value is -1.03. The van der Waals surface area contributed by atoms with Gasteiger partial charge in [0.2, 0.25) is 0 Å². The van der Waals surface area contributed by atoms with Crippen LogP contribution in [0.15, 0.2) is 22.7 Å². The fraction of sp³-hybridized carbons (Fsp3) is 0.462. The van der Waals surface area contributed by atoms with Crippen molar-refractivity contribution in [3.05, 3.63) is 28.2 Å². The Labute approximate surface area is 111 Å². The van der Waals surface area contributed by atoms with E-state index in [4.69, 9.17) is 5.73 Å².